The molecule has 0 N–H and O–H groups in total. The Hall–Kier alpha value is -0.0100. The van der Waals surface area contributed by atoms with Gasteiger partial charge in [0.25, 0.3) is 7.52 Å². The van der Waals surface area contributed by atoms with Crippen LogP contribution < -0.4 is 0 Å². The first kappa shape index (κ1) is 15.4. The van der Waals surface area contributed by atoms with E-state index in [1.807, 2.05) is 0 Å². The van der Waals surface area contributed by atoms with Crippen molar-refractivity contribution in [2.45, 2.75) is 30.6 Å². The summed E-state index contributed by atoms with van der Waals surface area (Å²) in [6.07, 6.45) is -1.48. The van der Waals surface area contributed by atoms with Crippen LogP contribution in [0.1, 0.15) is 0 Å². The minimum Gasteiger partial charge on any atom is -0.382 e. The second kappa shape index (κ2) is 5.77. The van der Waals surface area contributed by atoms with Crippen molar-refractivity contribution in [1.82, 2.24) is 4.67 Å². The van der Waals surface area contributed by atoms with Gasteiger partial charge in [-0.15, -0.1) is 0 Å². The summed E-state index contributed by atoms with van der Waals surface area (Å²) in [6.45, 7) is 1.94. The second-order valence-corrected chi connectivity index (χ2v) is 7.32. The molecule has 0 radical (unpaired) electrons. The molecule has 0 amide bonds. The second-order valence-electron chi connectivity index (χ2n) is 4.87. The van der Waals surface area contributed by atoms with Crippen molar-refractivity contribution in [3.8, 4) is 0 Å². The first-order valence-electron chi connectivity index (χ1n) is 6.15. The molecule has 0 bridgehead atoms. The van der Waals surface area contributed by atoms with E-state index in [2.05, 4.69) is 0 Å². The molecule has 0 aromatic carbocycles. The Kier molecular flexibility index (Phi) is 4.67. The third kappa shape index (κ3) is 2.61. The van der Waals surface area contributed by atoms with Crippen LogP contribution in [0.5, 0.6) is 0 Å². The Morgan fingerprint density at radius 1 is 1.21 bits per heavy atom. The molecule has 2 aliphatic rings. The summed E-state index contributed by atoms with van der Waals surface area (Å²) in [7, 11) is 3.72. The zero-order valence-electron chi connectivity index (χ0n) is 11.9. The van der Waals surface area contributed by atoms with Gasteiger partial charge in [-0.3, -0.25) is 9.09 Å². The molecule has 2 fully saturated rings. The van der Waals surface area contributed by atoms with E-state index in [4.69, 9.17) is 23.5 Å². The highest BCUT2D eigenvalue weighted by molar-refractivity contribution is 7.55. The van der Waals surface area contributed by atoms with Crippen LogP contribution in [-0.4, -0.2) is 77.0 Å². The van der Waals surface area contributed by atoms with Crippen LogP contribution in [0.4, 0.5) is 0 Å². The van der Waals surface area contributed by atoms with Crippen LogP contribution >= 0.6 is 7.52 Å². The summed E-state index contributed by atoms with van der Waals surface area (Å²) in [5.41, 5.74) is 0. The highest BCUT2D eigenvalue weighted by Crippen LogP contribution is 2.57. The number of methoxy groups -OCH3 is 3. The molecule has 2 heterocycles. The lowest BCUT2D eigenvalue weighted by Crippen LogP contribution is -2.61. The molecule has 0 unspecified atom stereocenters. The van der Waals surface area contributed by atoms with Gasteiger partial charge in [0.15, 0.2) is 6.29 Å². The Labute approximate surface area is 113 Å². The zero-order chi connectivity index (χ0) is 14.2. The number of likely N-dealkylation sites (N-methyl/N-ethyl adjacent to an activating group) is 1. The number of nitrogens with zero attached hydrogens (tertiary/aromatic N) is 1. The maximum Gasteiger partial charge on any atom is 0.272 e. The van der Waals surface area contributed by atoms with Gasteiger partial charge >= 0.3 is 0 Å². The van der Waals surface area contributed by atoms with Crippen LogP contribution in [0.15, 0.2) is 0 Å². The van der Waals surface area contributed by atoms with Crippen molar-refractivity contribution < 1.29 is 28.0 Å². The van der Waals surface area contributed by atoms with E-state index >= 15 is 0 Å². The Morgan fingerprint density at radius 2 is 1.84 bits per heavy atom. The van der Waals surface area contributed by atoms with Crippen molar-refractivity contribution in [2.24, 2.45) is 0 Å². The third-order valence-corrected chi connectivity index (χ3v) is 5.81. The van der Waals surface area contributed by atoms with Crippen molar-refractivity contribution in [2.75, 3.05) is 41.6 Å². The van der Waals surface area contributed by atoms with E-state index in [0.29, 0.717) is 6.61 Å². The van der Waals surface area contributed by atoms with Crippen LogP contribution in [0, 0.1) is 0 Å². The fraction of sp³-hybridized carbons (Fsp3) is 1.00. The highest BCUT2D eigenvalue weighted by atomic mass is 31.2. The predicted octanol–water partition coefficient (Wildman–Crippen LogP) is 0.541. The first-order valence-corrected chi connectivity index (χ1v) is 8.18. The van der Waals surface area contributed by atoms with Crippen LogP contribution in [-0.2, 0) is 28.0 Å². The summed E-state index contributed by atoms with van der Waals surface area (Å²) in [4.78, 5) is 0. The van der Waals surface area contributed by atoms with E-state index in [1.165, 1.54) is 0 Å². The molecule has 2 saturated heterocycles. The monoisotopic (exact) mass is 295 g/mol. The van der Waals surface area contributed by atoms with E-state index in [1.54, 1.807) is 39.7 Å². The zero-order valence-corrected chi connectivity index (χ0v) is 12.8. The van der Waals surface area contributed by atoms with Gasteiger partial charge in [-0.2, -0.15) is 0 Å². The molecule has 2 rings (SSSR count). The molecule has 8 heteroatoms. The third-order valence-electron chi connectivity index (χ3n) is 3.79. The van der Waals surface area contributed by atoms with Gasteiger partial charge in [-0.05, 0) is 7.05 Å². The average Bonchev–Trinajstić information content (AvgIpc) is 2.58. The molecule has 0 aromatic heterocycles. The summed E-state index contributed by atoms with van der Waals surface area (Å²) in [5, 5.41) is 0. The average molecular weight is 295 g/mol. The SMILES string of the molecule is COC[C@H]1O[C@@H]2O[P@@](C)(=O)N(C)[C@@H]2[C@@H](OC)[C@@H]1OC. The van der Waals surface area contributed by atoms with Gasteiger partial charge < -0.3 is 18.9 Å². The van der Waals surface area contributed by atoms with Gasteiger partial charge in [-0.25, -0.2) is 4.67 Å². The van der Waals surface area contributed by atoms with Gasteiger partial charge in [0.05, 0.1) is 12.6 Å². The maximum atomic E-state index is 12.3. The fourth-order valence-corrected chi connectivity index (χ4v) is 4.17. The van der Waals surface area contributed by atoms with Gasteiger partial charge in [-0.1, -0.05) is 0 Å². The van der Waals surface area contributed by atoms with Gasteiger partial charge in [0.2, 0.25) is 0 Å². The van der Waals surface area contributed by atoms with Crippen molar-refractivity contribution in [3.63, 3.8) is 0 Å². The highest BCUT2D eigenvalue weighted by Gasteiger charge is 2.57. The molecular formula is C11H22NO6P. The lowest BCUT2D eigenvalue weighted by atomic mass is 9.97. The molecule has 19 heavy (non-hydrogen) atoms. The van der Waals surface area contributed by atoms with Crippen LogP contribution in [0.2, 0.25) is 0 Å². The van der Waals surface area contributed by atoms with E-state index in [9.17, 15) is 4.57 Å². The van der Waals surface area contributed by atoms with Crippen molar-refractivity contribution >= 4 is 7.52 Å². The number of hydrogen-bond donors (Lipinski definition) is 0. The summed E-state index contributed by atoms with van der Waals surface area (Å²) >= 11 is 0. The topological polar surface area (TPSA) is 66.5 Å². The standard InChI is InChI=1S/C11H22NO6P/c1-12-8-10(16-4)9(15-3)7(6-14-2)17-11(8)18-19(12,5)13/h7-11H,6H2,1-5H3/t7-,8-,9-,10-,11-,19-/m1/s1. The molecule has 2 aliphatic heterocycles. The molecule has 0 aliphatic carbocycles. The minimum absolute atomic E-state index is 0.251. The Bertz CT molecular complexity index is 367. The fourth-order valence-electron chi connectivity index (χ4n) is 2.73. The van der Waals surface area contributed by atoms with E-state index < -0.39 is 13.8 Å². The van der Waals surface area contributed by atoms with Gasteiger partial charge in [0, 0.05) is 28.0 Å². The normalized spacial score (nSPS) is 47.3. The molecule has 0 spiro atoms. The van der Waals surface area contributed by atoms with E-state index in [-0.39, 0.29) is 24.4 Å². The lowest BCUT2D eigenvalue weighted by Gasteiger charge is -2.43. The molecule has 7 nitrogen and oxygen atoms in total. The summed E-state index contributed by atoms with van der Waals surface area (Å²) in [5.74, 6) is 0. The van der Waals surface area contributed by atoms with Crippen molar-refractivity contribution in [1.29, 1.82) is 0 Å². The quantitative estimate of drug-likeness (QED) is 0.701. The minimum atomic E-state index is -2.84. The lowest BCUT2D eigenvalue weighted by molar-refractivity contribution is -0.251. The summed E-state index contributed by atoms with van der Waals surface area (Å²) in [6, 6.07) is -0.251. The Balaban J connectivity index is 2.27. The first-order chi connectivity index (χ1) is 8.96. The maximum absolute atomic E-state index is 12.3. The summed E-state index contributed by atoms with van der Waals surface area (Å²) < 4.78 is 41.5. The smallest absolute Gasteiger partial charge is 0.272 e. The number of fused-ring (bicyclic) bond motifs is 1. The van der Waals surface area contributed by atoms with Crippen LogP contribution in [0.3, 0.4) is 0 Å². The number of ether oxygens (including phenoxy) is 4. The van der Waals surface area contributed by atoms with Crippen molar-refractivity contribution in [3.05, 3.63) is 0 Å². The molecule has 112 valence electrons. The predicted molar refractivity (Wildman–Crippen MR) is 68.3 cm³/mol. The van der Waals surface area contributed by atoms with Crippen LogP contribution in [0.25, 0.3) is 0 Å². The van der Waals surface area contributed by atoms with Gasteiger partial charge in [0.1, 0.15) is 18.3 Å². The molecular weight excluding hydrogens is 273 g/mol. The number of hydrogen-bond acceptors (Lipinski definition) is 6. The molecule has 0 saturated carbocycles. The molecule has 0 aromatic rings. The Morgan fingerprint density at radius 3 is 2.37 bits per heavy atom. The number of rotatable bonds is 4. The van der Waals surface area contributed by atoms with E-state index in [0.717, 1.165) is 0 Å². The largest absolute Gasteiger partial charge is 0.382 e. The molecule has 6 atom stereocenters.